The van der Waals surface area contributed by atoms with Crippen LogP contribution in [0, 0.1) is 0 Å². The van der Waals surface area contributed by atoms with Crippen LogP contribution < -0.4 is 5.73 Å². The lowest BCUT2D eigenvalue weighted by atomic mass is 9.95. The summed E-state index contributed by atoms with van der Waals surface area (Å²) < 4.78 is 10.1. The van der Waals surface area contributed by atoms with Crippen LogP contribution in [0.4, 0.5) is 4.79 Å². The Labute approximate surface area is 147 Å². The Kier molecular flexibility index (Phi) is 5.51. The first-order valence-electron chi connectivity index (χ1n) is 7.54. The summed E-state index contributed by atoms with van der Waals surface area (Å²) in [6, 6.07) is 9.55. The van der Waals surface area contributed by atoms with Crippen molar-refractivity contribution in [2.24, 2.45) is 5.73 Å². The number of nitrogens with zero attached hydrogens (tertiary/aromatic N) is 1. The van der Waals surface area contributed by atoms with Crippen LogP contribution in [0.15, 0.2) is 41.5 Å². The molecule has 1 aliphatic carbocycles. The molecule has 1 amide bonds. The van der Waals surface area contributed by atoms with Crippen molar-refractivity contribution in [3.8, 4) is 0 Å². The fourth-order valence-electron chi connectivity index (χ4n) is 3.21. The van der Waals surface area contributed by atoms with Crippen LogP contribution >= 0.6 is 12.4 Å². The molecule has 130 valence electrons. The average Bonchev–Trinajstić information content (AvgIpc) is 3.08. The molecule has 7 heteroatoms. The van der Waals surface area contributed by atoms with Crippen molar-refractivity contribution < 1.29 is 19.1 Å². The van der Waals surface area contributed by atoms with Gasteiger partial charge in [0.15, 0.2) is 0 Å². The van der Waals surface area contributed by atoms with Crippen LogP contribution in [0.2, 0.25) is 0 Å². The second-order valence-electron chi connectivity index (χ2n) is 6.10. The standard InChI is InChI=1S/C17H20N2O4.ClH/c1-22-15(20)17(18)7-13-9-19(10-14(13)8-17)16(21)23-11-12-5-3-2-4-6-12;/h2-6H,7-11,18H2,1H3;1H. The summed E-state index contributed by atoms with van der Waals surface area (Å²) in [5, 5.41) is 0. The molecule has 0 unspecified atom stereocenters. The van der Waals surface area contributed by atoms with Gasteiger partial charge in [-0.25, -0.2) is 4.79 Å². The highest BCUT2D eigenvalue weighted by molar-refractivity contribution is 5.85. The second kappa shape index (κ2) is 7.23. The average molecular weight is 353 g/mol. The van der Waals surface area contributed by atoms with Crippen molar-refractivity contribution in [1.82, 2.24) is 4.90 Å². The molecule has 0 spiro atoms. The molecule has 2 N–H and O–H groups in total. The minimum atomic E-state index is -0.973. The fourth-order valence-corrected chi connectivity index (χ4v) is 3.21. The normalized spacial score (nSPS) is 18.0. The van der Waals surface area contributed by atoms with Crippen LogP contribution in [0.25, 0.3) is 0 Å². The third-order valence-corrected chi connectivity index (χ3v) is 4.38. The summed E-state index contributed by atoms with van der Waals surface area (Å²) in [5.41, 5.74) is 8.19. The predicted molar refractivity (Wildman–Crippen MR) is 90.6 cm³/mol. The van der Waals surface area contributed by atoms with Gasteiger partial charge in [0.1, 0.15) is 12.1 Å². The molecule has 0 radical (unpaired) electrons. The lowest BCUT2D eigenvalue weighted by Gasteiger charge is -2.25. The van der Waals surface area contributed by atoms with Crippen LogP contribution in [0.5, 0.6) is 0 Å². The van der Waals surface area contributed by atoms with Gasteiger partial charge in [0.05, 0.1) is 7.11 Å². The molecule has 0 aromatic heterocycles. The maximum Gasteiger partial charge on any atom is 0.410 e. The first-order valence-corrected chi connectivity index (χ1v) is 7.54. The van der Waals surface area contributed by atoms with Crippen molar-refractivity contribution in [3.63, 3.8) is 0 Å². The molecule has 0 atom stereocenters. The number of amides is 1. The summed E-state index contributed by atoms with van der Waals surface area (Å²) >= 11 is 0. The van der Waals surface area contributed by atoms with Crippen molar-refractivity contribution in [2.75, 3.05) is 20.2 Å². The summed E-state index contributed by atoms with van der Waals surface area (Å²) in [5.74, 6) is -0.398. The van der Waals surface area contributed by atoms with Crippen molar-refractivity contribution in [2.45, 2.75) is 25.0 Å². The first kappa shape index (κ1) is 18.3. The van der Waals surface area contributed by atoms with Gasteiger partial charge in [-0.05, 0) is 29.6 Å². The zero-order chi connectivity index (χ0) is 16.4. The fraction of sp³-hybridized carbons (Fsp3) is 0.412. The van der Waals surface area contributed by atoms with Crippen molar-refractivity contribution in [3.05, 3.63) is 47.0 Å². The van der Waals surface area contributed by atoms with E-state index >= 15 is 0 Å². The van der Waals surface area contributed by atoms with Gasteiger partial charge in [-0.2, -0.15) is 0 Å². The Morgan fingerprint density at radius 3 is 2.29 bits per heavy atom. The topological polar surface area (TPSA) is 81.9 Å². The number of esters is 1. The molecule has 0 bridgehead atoms. The molecule has 1 heterocycles. The van der Waals surface area contributed by atoms with Gasteiger partial charge < -0.3 is 20.1 Å². The van der Waals surface area contributed by atoms with E-state index in [1.165, 1.54) is 7.11 Å². The molecular weight excluding hydrogens is 332 g/mol. The Morgan fingerprint density at radius 2 is 1.75 bits per heavy atom. The van der Waals surface area contributed by atoms with E-state index in [4.69, 9.17) is 15.2 Å². The minimum absolute atomic E-state index is 0. The molecule has 2 aliphatic rings. The van der Waals surface area contributed by atoms with E-state index in [1.54, 1.807) is 4.90 Å². The molecule has 0 saturated heterocycles. The lowest BCUT2D eigenvalue weighted by molar-refractivity contribution is -0.146. The van der Waals surface area contributed by atoms with E-state index < -0.39 is 11.5 Å². The van der Waals surface area contributed by atoms with Gasteiger partial charge in [0.2, 0.25) is 0 Å². The first-order chi connectivity index (χ1) is 11.0. The Morgan fingerprint density at radius 1 is 1.17 bits per heavy atom. The van der Waals surface area contributed by atoms with Gasteiger partial charge in [-0.15, -0.1) is 12.4 Å². The van der Waals surface area contributed by atoms with E-state index in [0.717, 1.165) is 16.7 Å². The number of rotatable bonds is 3. The Balaban J connectivity index is 0.00000208. The number of likely N-dealkylation sites (tertiary alicyclic amines) is 1. The zero-order valence-corrected chi connectivity index (χ0v) is 14.3. The van der Waals surface area contributed by atoms with Gasteiger partial charge in [0.25, 0.3) is 0 Å². The second-order valence-corrected chi connectivity index (χ2v) is 6.10. The monoisotopic (exact) mass is 352 g/mol. The van der Waals surface area contributed by atoms with E-state index in [1.807, 2.05) is 30.3 Å². The van der Waals surface area contributed by atoms with E-state index in [9.17, 15) is 9.59 Å². The van der Waals surface area contributed by atoms with Crippen LogP contribution in [-0.4, -0.2) is 42.7 Å². The number of ether oxygens (including phenoxy) is 2. The Hall–Kier alpha value is -2.05. The zero-order valence-electron chi connectivity index (χ0n) is 13.5. The number of hydrogen-bond acceptors (Lipinski definition) is 5. The molecule has 6 nitrogen and oxygen atoms in total. The van der Waals surface area contributed by atoms with Crippen molar-refractivity contribution >= 4 is 24.5 Å². The maximum atomic E-state index is 12.2. The SMILES string of the molecule is COC(=O)C1(N)CC2=C(CN(C(=O)OCc3ccccc3)C2)C1.Cl. The van der Waals surface area contributed by atoms with Crippen LogP contribution in [0.3, 0.4) is 0 Å². The molecular formula is C17H21ClN2O4. The van der Waals surface area contributed by atoms with Gasteiger partial charge in [-0.3, -0.25) is 4.79 Å². The maximum absolute atomic E-state index is 12.2. The number of methoxy groups -OCH3 is 1. The van der Waals surface area contributed by atoms with E-state index in [-0.39, 0.29) is 25.1 Å². The molecule has 3 rings (SSSR count). The van der Waals surface area contributed by atoms with Crippen LogP contribution in [-0.2, 0) is 20.9 Å². The molecule has 1 aliphatic heterocycles. The highest BCUT2D eigenvalue weighted by Gasteiger charge is 2.46. The molecule has 0 saturated carbocycles. The van der Waals surface area contributed by atoms with Crippen molar-refractivity contribution in [1.29, 1.82) is 0 Å². The van der Waals surface area contributed by atoms with Gasteiger partial charge in [-0.1, -0.05) is 30.3 Å². The number of benzene rings is 1. The molecule has 0 fully saturated rings. The Bertz CT molecular complexity index is 642. The number of halogens is 1. The third kappa shape index (κ3) is 3.55. The molecule has 24 heavy (non-hydrogen) atoms. The number of hydrogen-bond donors (Lipinski definition) is 1. The smallest absolute Gasteiger partial charge is 0.410 e. The number of nitrogens with two attached hydrogens (primary N) is 1. The van der Waals surface area contributed by atoms with Gasteiger partial charge in [0, 0.05) is 13.1 Å². The van der Waals surface area contributed by atoms with E-state index in [0.29, 0.717) is 25.9 Å². The van der Waals surface area contributed by atoms with E-state index in [2.05, 4.69) is 0 Å². The highest BCUT2D eigenvalue weighted by atomic mass is 35.5. The predicted octanol–water partition coefficient (Wildman–Crippen LogP) is 2.02. The summed E-state index contributed by atoms with van der Waals surface area (Å²) in [4.78, 5) is 25.6. The third-order valence-electron chi connectivity index (χ3n) is 4.38. The summed E-state index contributed by atoms with van der Waals surface area (Å²) in [6.45, 7) is 1.20. The lowest BCUT2D eigenvalue weighted by Crippen LogP contribution is -2.48. The largest absolute Gasteiger partial charge is 0.468 e. The number of carbonyl (C=O) groups is 2. The summed E-state index contributed by atoms with van der Waals surface area (Å²) in [6.07, 6.45) is 0.540. The van der Waals surface area contributed by atoms with Crippen LogP contribution in [0.1, 0.15) is 18.4 Å². The highest BCUT2D eigenvalue weighted by Crippen LogP contribution is 2.38. The minimum Gasteiger partial charge on any atom is -0.468 e. The molecule has 1 aromatic rings. The molecule has 1 aromatic carbocycles. The summed E-state index contributed by atoms with van der Waals surface area (Å²) in [7, 11) is 1.34. The number of carbonyl (C=O) groups excluding carboxylic acids is 2. The van der Waals surface area contributed by atoms with Gasteiger partial charge >= 0.3 is 12.1 Å². The quantitative estimate of drug-likeness (QED) is 0.664.